The van der Waals surface area contributed by atoms with Crippen molar-refractivity contribution < 1.29 is 14.3 Å². The van der Waals surface area contributed by atoms with Gasteiger partial charge in [-0.2, -0.15) is 0 Å². The van der Waals surface area contributed by atoms with Crippen molar-refractivity contribution in [2.45, 2.75) is 31.3 Å². The van der Waals surface area contributed by atoms with Gasteiger partial charge in [-0.3, -0.25) is 4.79 Å². The first-order chi connectivity index (χ1) is 9.58. The average Bonchev–Trinajstić information content (AvgIpc) is 3.29. The van der Waals surface area contributed by atoms with Crippen LogP contribution in [0.3, 0.4) is 0 Å². The fraction of sp³-hybridized carbons (Fsp3) is 0.562. The molecule has 3 nitrogen and oxygen atoms in total. The van der Waals surface area contributed by atoms with Gasteiger partial charge >= 0.3 is 0 Å². The Kier molecular flexibility index (Phi) is 3.50. The van der Waals surface area contributed by atoms with Crippen molar-refractivity contribution >= 4 is 5.91 Å². The van der Waals surface area contributed by atoms with Gasteiger partial charge in [-0.15, -0.1) is 0 Å². The van der Waals surface area contributed by atoms with E-state index in [0.717, 1.165) is 12.8 Å². The normalized spacial score (nSPS) is 26.1. The summed E-state index contributed by atoms with van der Waals surface area (Å²) in [6, 6.07) is 6.66. The highest BCUT2D eigenvalue weighted by Gasteiger charge is 2.46. The lowest BCUT2D eigenvalue weighted by atomic mass is 10.1. The molecule has 2 fully saturated rings. The van der Waals surface area contributed by atoms with E-state index >= 15 is 0 Å². The van der Waals surface area contributed by atoms with Gasteiger partial charge in [-0.25, -0.2) is 4.39 Å². The van der Waals surface area contributed by atoms with Crippen LogP contribution in [-0.2, 0) is 4.79 Å². The van der Waals surface area contributed by atoms with Crippen LogP contribution in [0.1, 0.15) is 30.7 Å². The first-order valence-electron chi connectivity index (χ1n) is 7.25. The molecule has 0 aliphatic heterocycles. The molecule has 1 amide bonds. The van der Waals surface area contributed by atoms with Crippen molar-refractivity contribution in [1.29, 1.82) is 0 Å². The number of aliphatic hydroxyl groups is 1. The standard InChI is InChI=1S/C16H20FNO2/c1-18(9-15(19)10-6-7-10)16(20)13-8-12(13)11-4-2-3-5-14(11)17/h2-5,10,12-13,15,19H,6-9H2,1H3/t12-,13+,15-/m0/s1. The molecule has 0 unspecified atom stereocenters. The zero-order valence-corrected chi connectivity index (χ0v) is 11.6. The van der Waals surface area contributed by atoms with Crippen molar-refractivity contribution in [3.05, 3.63) is 35.6 Å². The molecular weight excluding hydrogens is 257 g/mol. The molecule has 0 radical (unpaired) electrons. The average molecular weight is 277 g/mol. The highest BCUT2D eigenvalue weighted by atomic mass is 19.1. The molecule has 20 heavy (non-hydrogen) atoms. The van der Waals surface area contributed by atoms with Gasteiger partial charge < -0.3 is 10.0 Å². The molecule has 0 saturated heterocycles. The number of benzene rings is 1. The second-order valence-corrected chi connectivity index (χ2v) is 6.09. The quantitative estimate of drug-likeness (QED) is 0.896. The van der Waals surface area contributed by atoms with Gasteiger partial charge in [-0.05, 0) is 42.7 Å². The molecule has 2 aliphatic carbocycles. The summed E-state index contributed by atoms with van der Waals surface area (Å²) >= 11 is 0. The predicted octanol–water partition coefficient (Wildman–Crippen LogP) is 2.16. The third-order valence-electron chi connectivity index (χ3n) is 4.42. The number of nitrogens with zero attached hydrogens (tertiary/aromatic N) is 1. The summed E-state index contributed by atoms with van der Waals surface area (Å²) in [4.78, 5) is 13.9. The van der Waals surface area contributed by atoms with E-state index in [1.807, 2.05) is 0 Å². The Morgan fingerprint density at radius 1 is 1.45 bits per heavy atom. The van der Waals surface area contributed by atoms with Gasteiger partial charge in [0.05, 0.1) is 6.10 Å². The number of carbonyl (C=O) groups is 1. The van der Waals surface area contributed by atoms with E-state index in [0.29, 0.717) is 24.4 Å². The van der Waals surface area contributed by atoms with Crippen LogP contribution in [0, 0.1) is 17.7 Å². The zero-order valence-electron chi connectivity index (χ0n) is 11.6. The number of hydrogen-bond donors (Lipinski definition) is 1. The highest BCUT2D eigenvalue weighted by Crippen LogP contribution is 2.49. The Bertz CT molecular complexity index is 515. The van der Waals surface area contributed by atoms with Crippen LogP contribution < -0.4 is 0 Å². The maximum atomic E-state index is 13.7. The summed E-state index contributed by atoms with van der Waals surface area (Å²) in [5.41, 5.74) is 0.641. The van der Waals surface area contributed by atoms with E-state index in [4.69, 9.17) is 0 Å². The Morgan fingerprint density at radius 2 is 2.15 bits per heavy atom. The SMILES string of the molecule is CN(C[C@H](O)C1CC1)C(=O)[C@@H]1C[C@H]1c1ccccc1F. The molecule has 3 atom stereocenters. The summed E-state index contributed by atoms with van der Waals surface area (Å²) in [5.74, 6) is 0.0470. The summed E-state index contributed by atoms with van der Waals surface area (Å²) < 4.78 is 13.7. The van der Waals surface area contributed by atoms with E-state index in [-0.39, 0.29) is 23.6 Å². The van der Waals surface area contributed by atoms with Crippen LogP contribution in [0.25, 0.3) is 0 Å². The maximum absolute atomic E-state index is 13.7. The zero-order chi connectivity index (χ0) is 14.3. The van der Waals surface area contributed by atoms with E-state index in [1.54, 1.807) is 30.1 Å². The first-order valence-corrected chi connectivity index (χ1v) is 7.25. The summed E-state index contributed by atoms with van der Waals surface area (Å²) in [5, 5.41) is 9.88. The van der Waals surface area contributed by atoms with Gasteiger partial charge in [-0.1, -0.05) is 18.2 Å². The van der Waals surface area contributed by atoms with E-state index in [1.165, 1.54) is 6.07 Å². The molecule has 1 N–H and O–H groups in total. The lowest BCUT2D eigenvalue weighted by Gasteiger charge is -2.21. The van der Waals surface area contributed by atoms with Crippen LogP contribution in [0.4, 0.5) is 4.39 Å². The number of amides is 1. The van der Waals surface area contributed by atoms with E-state index < -0.39 is 6.10 Å². The smallest absolute Gasteiger partial charge is 0.226 e. The van der Waals surface area contributed by atoms with Gasteiger partial charge in [0.25, 0.3) is 0 Å². The van der Waals surface area contributed by atoms with E-state index in [2.05, 4.69) is 0 Å². The fourth-order valence-corrected chi connectivity index (χ4v) is 2.87. The number of hydrogen-bond acceptors (Lipinski definition) is 2. The van der Waals surface area contributed by atoms with Crippen molar-refractivity contribution in [3.63, 3.8) is 0 Å². The third-order valence-corrected chi connectivity index (χ3v) is 4.42. The molecule has 2 aliphatic rings. The molecule has 0 bridgehead atoms. The molecule has 0 aromatic heterocycles. The Morgan fingerprint density at radius 3 is 2.80 bits per heavy atom. The highest BCUT2D eigenvalue weighted by molar-refractivity contribution is 5.82. The number of halogens is 1. The minimum absolute atomic E-state index is 0.00391. The molecule has 3 rings (SSSR count). The molecule has 4 heteroatoms. The first kappa shape index (κ1) is 13.6. The third kappa shape index (κ3) is 2.70. The molecule has 2 saturated carbocycles. The molecule has 1 aromatic rings. The number of carbonyl (C=O) groups excluding carboxylic acids is 1. The van der Waals surface area contributed by atoms with Gasteiger partial charge in [0.15, 0.2) is 0 Å². The van der Waals surface area contributed by atoms with Crippen molar-refractivity contribution in [2.75, 3.05) is 13.6 Å². The maximum Gasteiger partial charge on any atom is 0.226 e. The molecule has 1 aromatic carbocycles. The second-order valence-electron chi connectivity index (χ2n) is 6.09. The summed E-state index contributed by atoms with van der Waals surface area (Å²) in [6.45, 7) is 0.393. The topological polar surface area (TPSA) is 40.5 Å². The van der Waals surface area contributed by atoms with Crippen LogP contribution in [-0.4, -0.2) is 35.6 Å². The second kappa shape index (κ2) is 5.17. The van der Waals surface area contributed by atoms with E-state index in [9.17, 15) is 14.3 Å². The minimum atomic E-state index is -0.408. The molecule has 0 spiro atoms. The number of rotatable bonds is 5. The van der Waals surface area contributed by atoms with Crippen molar-refractivity contribution in [2.24, 2.45) is 11.8 Å². The predicted molar refractivity (Wildman–Crippen MR) is 73.6 cm³/mol. The lowest BCUT2D eigenvalue weighted by molar-refractivity contribution is -0.132. The Balaban J connectivity index is 1.58. The van der Waals surface area contributed by atoms with Crippen LogP contribution in [0.2, 0.25) is 0 Å². The Labute approximate surface area is 118 Å². The number of likely N-dealkylation sites (N-methyl/N-ethyl adjacent to an activating group) is 1. The van der Waals surface area contributed by atoms with Crippen LogP contribution in [0.15, 0.2) is 24.3 Å². The minimum Gasteiger partial charge on any atom is -0.391 e. The number of aliphatic hydroxyl groups excluding tert-OH is 1. The van der Waals surface area contributed by atoms with Crippen LogP contribution in [0.5, 0.6) is 0 Å². The van der Waals surface area contributed by atoms with Gasteiger partial charge in [0, 0.05) is 19.5 Å². The molecular formula is C16H20FNO2. The largest absolute Gasteiger partial charge is 0.391 e. The molecule has 108 valence electrons. The van der Waals surface area contributed by atoms with Crippen molar-refractivity contribution in [1.82, 2.24) is 4.90 Å². The fourth-order valence-electron chi connectivity index (χ4n) is 2.87. The van der Waals surface area contributed by atoms with Gasteiger partial charge in [0.1, 0.15) is 5.82 Å². The van der Waals surface area contributed by atoms with Crippen LogP contribution >= 0.6 is 0 Å². The van der Waals surface area contributed by atoms with Gasteiger partial charge in [0.2, 0.25) is 5.91 Å². The molecule has 0 heterocycles. The van der Waals surface area contributed by atoms with Crippen molar-refractivity contribution in [3.8, 4) is 0 Å². The Hall–Kier alpha value is -1.42. The summed E-state index contributed by atoms with van der Waals surface area (Å²) in [6.07, 6.45) is 2.42. The lowest BCUT2D eigenvalue weighted by Crippen LogP contribution is -2.36. The summed E-state index contributed by atoms with van der Waals surface area (Å²) in [7, 11) is 1.73. The monoisotopic (exact) mass is 277 g/mol.